The zero-order chi connectivity index (χ0) is 28.1. The third-order valence-corrected chi connectivity index (χ3v) is 7.31. The molecule has 2 aromatic carbocycles. The Morgan fingerprint density at radius 1 is 1.26 bits per heavy atom. The van der Waals surface area contributed by atoms with Crippen LogP contribution in [0.5, 0.6) is 5.75 Å². The van der Waals surface area contributed by atoms with E-state index in [1.54, 1.807) is 36.1 Å². The minimum absolute atomic E-state index is 0.0389. The molecule has 2 N–H and O–H groups in total. The highest BCUT2D eigenvalue weighted by atomic mass is 35.5. The van der Waals surface area contributed by atoms with Gasteiger partial charge in [-0.15, -0.1) is 5.10 Å². The molecule has 0 aliphatic carbocycles. The highest BCUT2D eigenvalue weighted by Crippen LogP contribution is 2.31. The quantitative estimate of drug-likeness (QED) is 0.399. The summed E-state index contributed by atoms with van der Waals surface area (Å²) in [5, 5.41) is 24.4. The van der Waals surface area contributed by atoms with E-state index in [0.717, 1.165) is 5.56 Å². The summed E-state index contributed by atoms with van der Waals surface area (Å²) in [4.78, 5) is 29.9. The number of amides is 2. The van der Waals surface area contributed by atoms with Crippen molar-refractivity contribution in [2.45, 2.75) is 39.1 Å². The van der Waals surface area contributed by atoms with E-state index in [1.165, 1.54) is 11.0 Å². The maximum Gasteiger partial charge on any atom is 0.258 e. The molecule has 1 aliphatic rings. The molecule has 1 aliphatic heterocycles. The van der Waals surface area contributed by atoms with Crippen LogP contribution in [0.15, 0.2) is 42.7 Å². The molecule has 3 atom stereocenters. The highest BCUT2D eigenvalue weighted by Gasteiger charge is 2.33. The van der Waals surface area contributed by atoms with E-state index in [-0.39, 0.29) is 37.0 Å². The predicted molar refractivity (Wildman–Crippen MR) is 147 cm³/mol. The van der Waals surface area contributed by atoms with E-state index in [9.17, 15) is 14.7 Å². The lowest BCUT2D eigenvalue weighted by atomic mass is 9.99. The van der Waals surface area contributed by atoms with Gasteiger partial charge in [-0.05, 0) is 60.3 Å². The summed E-state index contributed by atoms with van der Waals surface area (Å²) in [6.45, 7) is 5.16. The molecule has 1 aromatic heterocycles. The Labute approximate surface area is 236 Å². The summed E-state index contributed by atoms with van der Waals surface area (Å²) < 4.78 is 7.73. The number of aliphatic hydroxyl groups is 1. The predicted octanol–water partition coefficient (Wildman–Crippen LogP) is 2.97. The van der Waals surface area contributed by atoms with E-state index in [0.29, 0.717) is 46.7 Å². The molecule has 0 saturated heterocycles. The van der Waals surface area contributed by atoms with Crippen LogP contribution in [0, 0.1) is 5.92 Å². The number of carbonyl (C=O) groups is 2. The number of hydrogen-bond donors (Lipinski definition) is 2. The van der Waals surface area contributed by atoms with Gasteiger partial charge in [-0.3, -0.25) is 14.5 Å². The minimum atomic E-state index is -0.404. The molecule has 11 nitrogen and oxygen atoms in total. The first-order valence-electron chi connectivity index (χ1n) is 12.5. The Kier molecular flexibility index (Phi) is 9.39. The molecule has 0 unspecified atom stereocenters. The summed E-state index contributed by atoms with van der Waals surface area (Å²) in [5.74, 6) is -0.258. The molecule has 0 bridgehead atoms. The summed E-state index contributed by atoms with van der Waals surface area (Å²) in [7, 11) is 1.99. The smallest absolute Gasteiger partial charge is 0.258 e. The molecule has 4 rings (SSSR count). The number of rotatable bonds is 9. The van der Waals surface area contributed by atoms with Gasteiger partial charge in [-0.25, -0.2) is 4.68 Å². The molecule has 13 heteroatoms. The first kappa shape index (κ1) is 28.8. The van der Waals surface area contributed by atoms with Crippen molar-refractivity contribution in [3.05, 3.63) is 63.9 Å². The van der Waals surface area contributed by atoms with Gasteiger partial charge in [0.05, 0.1) is 28.3 Å². The number of halogens is 2. The average Bonchev–Trinajstić information content (AvgIpc) is 3.41. The molecule has 39 heavy (non-hydrogen) atoms. The van der Waals surface area contributed by atoms with Gasteiger partial charge in [-0.1, -0.05) is 36.2 Å². The first-order valence-corrected chi connectivity index (χ1v) is 13.3. The molecule has 0 spiro atoms. The lowest BCUT2D eigenvalue weighted by molar-refractivity contribution is -0.116. The van der Waals surface area contributed by atoms with Gasteiger partial charge in [0, 0.05) is 31.2 Å². The van der Waals surface area contributed by atoms with Crippen LogP contribution in [0.3, 0.4) is 0 Å². The van der Waals surface area contributed by atoms with Crippen LogP contribution in [-0.2, 0) is 17.9 Å². The first-order chi connectivity index (χ1) is 18.6. The number of aliphatic hydroxyl groups excluding tert-OH is 1. The second-order valence-corrected chi connectivity index (χ2v) is 10.6. The zero-order valence-corrected chi connectivity index (χ0v) is 23.4. The van der Waals surface area contributed by atoms with Gasteiger partial charge in [-0.2, -0.15) is 0 Å². The molecule has 0 radical (unpaired) electrons. The normalized spacial score (nSPS) is 18.2. The van der Waals surface area contributed by atoms with Crippen molar-refractivity contribution in [2.75, 3.05) is 32.1 Å². The van der Waals surface area contributed by atoms with Crippen LogP contribution in [0.4, 0.5) is 5.69 Å². The summed E-state index contributed by atoms with van der Waals surface area (Å²) in [6.07, 6.45) is 1.07. The number of tetrazole rings is 1. The van der Waals surface area contributed by atoms with E-state index >= 15 is 0 Å². The Bertz CT molecular complexity index is 1310. The third-order valence-electron chi connectivity index (χ3n) is 6.57. The molecule has 2 heterocycles. The van der Waals surface area contributed by atoms with Gasteiger partial charge in [0.2, 0.25) is 5.91 Å². The van der Waals surface area contributed by atoms with Crippen LogP contribution in [0.25, 0.3) is 0 Å². The van der Waals surface area contributed by atoms with Crippen molar-refractivity contribution in [1.29, 1.82) is 0 Å². The van der Waals surface area contributed by atoms with Crippen molar-refractivity contribution < 1.29 is 19.4 Å². The largest absolute Gasteiger partial charge is 0.488 e. The van der Waals surface area contributed by atoms with Crippen molar-refractivity contribution >= 4 is 40.7 Å². The number of benzene rings is 2. The highest BCUT2D eigenvalue weighted by molar-refractivity contribution is 6.42. The number of nitrogens with zero attached hydrogens (tertiary/aromatic N) is 6. The van der Waals surface area contributed by atoms with Crippen LogP contribution >= 0.6 is 23.2 Å². The fourth-order valence-corrected chi connectivity index (χ4v) is 4.76. The standard InChI is InChI=1S/C26H31Cl2N7O4/c1-16-10-35(17(2)14-36)26(38)20-9-19(30-25(37)13-34-15-29-31-32-34)5-7-23(20)39-24(16)12-33(3)11-18-4-6-21(27)22(28)8-18/h4-9,15-17,24,36H,10-14H2,1-3H3,(H,30,37)/t16-,17-,24-/m1/s1. The summed E-state index contributed by atoms with van der Waals surface area (Å²) in [5.41, 5.74) is 1.75. The molecular weight excluding hydrogens is 545 g/mol. The molecule has 2 amide bonds. The molecule has 0 fully saturated rings. The Morgan fingerprint density at radius 3 is 2.74 bits per heavy atom. The Morgan fingerprint density at radius 2 is 2.05 bits per heavy atom. The second-order valence-electron chi connectivity index (χ2n) is 9.83. The SMILES string of the molecule is C[C@@H]1CN([C@H](C)CO)C(=O)c2cc(NC(=O)Cn3cnnn3)ccc2O[C@@H]1CN(C)Cc1ccc(Cl)c(Cl)c1. The van der Waals surface area contributed by atoms with Crippen LogP contribution in [0.1, 0.15) is 29.8 Å². The fraction of sp³-hybridized carbons (Fsp3) is 0.423. The number of anilines is 1. The van der Waals surface area contributed by atoms with Crippen molar-refractivity contribution in [1.82, 2.24) is 30.0 Å². The zero-order valence-electron chi connectivity index (χ0n) is 21.9. The van der Waals surface area contributed by atoms with Gasteiger partial charge in [0.25, 0.3) is 5.91 Å². The van der Waals surface area contributed by atoms with Gasteiger partial charge in [0.1, 0.15) is 24.7 Å². The summed E-state index contributed by atoms with van der Waals surface area (Å²) >= 11 is 12.3. The lowest BCUT2D eigenvalue weighted by Crippen LogP contribution is -2.49. The number of ether oxygens (including phenoxy) is 1. The van der Waals surface area contributed by atoms with Gasteiger partial charge < -0.3 is 20.1 Å². The average molecular weight is 576 g/mol. The van der Waals surface area contributed by atoms with E-state index < -0.39 is 6.04 Å². The maximum absolute atomic E-state index is 13.6. The molecule has 0 saturated carbocycles. The fourth-order valence-electron chi connectivity index (χ4n) is 4.44. The van der Waals surface area contributed by atoms with Crippen LogP contribution in [-0.4, -0.2) is 85.8 Å². The summed E-state index contributed by atoms with van der Waals surface area (Å²) in [6, 6.07) is 10.1. The number of likely N-dealkylation sites (N-methyl/N-ethyl adjacent to an activating group) is 1. The van der Waals surface area contributed by atoms with E-state index in [4.69, 9.17) is 27.9 Å². The van der Waals surface area contributed by atoms with Gasteiger partial charge >= 0.3 is 0 Å². The third kappa shape index (κ3) is 7.24. The number of carbonyl (C=O) groups excluding carboxylic acids is 2. The number of aromatic nitrogens is 4. The number of nitrogens with one attached hydrogen (secondary N) is 1. The van der Waals surface area contributed by atoms with Crippen molar-refractivity contribution in [3.8, 4) is 5.75 Å². The monoisotopic (exact) mass is 575 g/mol. The maximum atomic E-state index is 13.6. The topological polar surface area (TPSA) is 126 Å². The molecule has 208 valence electrons. The Balaban J connectivity index is 1.56. The molecular formula is C26H31Cl2N7O4. The second kappa shape index (κ2) is 12.7. The van der Waals surface area contributed by atoms with E-state index in [2.05, 4.69) is 25.7 Å². The Hall–Kier alpha value is -3.25. The van der Waals surface area contributed by atoms with Gasteiger partial charge in [0.15, 0.2) is 0 Å². The van der Waals surface area contributed by atoms with Crippen LogP contribution < -0.4 is 10.1 Å². The van der Waals surface area contributed by atoms with E-state index in [1.807, 2.05) is 26.1 Å². The van der Waals surface area contributed by atoms with Crippen molar-refractivity contribution in [3.63, 3.8) is 0 Å². The van der Waals surface area contributed by atoms with Crippen LogP contribution in [0.2, 0.25) is 10.0 Å². The number of fused-ring (bicyclic) bond motifs is 1. The van der Waals surface area contributed by atoms with Crippen molar-refractivity contribution in [2.24, 2.45) is 5.92 Å². The minimum Gasteiger partial charge on any atom is -0.488 e. The lowest BCUT2D eigenvalue weighted by Gasteiger charge is -2.38. The molecule has 3 aromatic rings. The number of hydrogen-bond acceptors (Lipinski definition) is 8.